The number of rotatable bonds is 6. The number of aromatic nitrogens is 1. The quantitative estimate of drug-likeness (QED) is 0.671. The molecule has 1 aromatic heterocycles. The molecule has 6 nitrogen and oxygen atoms in total. The number of benzene rings is 1. The molecule has 0 unspecified atom stereocenters. The summed E-state index contributed by atoms with van der Waals surface area (Å²) in [6, 6.07) is 13.7. The smallest absolute Gasteiger partial charge is 0.255 e. The molecule has 0 fully saturated rings. The Kier molecular flexibility index (Phi) is 6.63. The maximum Gasteiger partial charge on any atom is 0.255 e. The summed E-state index contributed by atoms with van der Waals surface area (Å²) in [4.78, 5) is 33.2. The Bertz CT molecular complexity index is 1100. The number of dihydropyridines is 1. The molecule has 33 heavy (non-hydrogen) atoms. The number of hydrogen-bond acceptors (Lipinski definition) is 5. The first-order valence-corrected chi connectivity index (χ1v) is 11.7. The molecule has 2 aliphatic rings. The van der Waals surface area contributed by atoms with Crippen molar-refractivity contribution in [2.45, 2.75) is 46.5 Å². The van der Waals surface area contributed by atoms with Crippen molar-refractivity contribution in [2.24, 2.45) is 5.92 Å². The minimum atomic E-state index is -0.407. The number of hydrogen-bond donors (Lipinski definition) is 2. The highest BCUT2D eigenvalue weighted by atomic mass is 16.2. The number of allylic oxidation sites excluding steroid dienone is 3. The highest BCUT2D eigenvalue weighted by Crippen LogP contribution is 2.43. The second-order valence-corrected chi connectivity index (χ2v) is 8.86. The van der Waals surface area contributed by atoms with Crippen LogP contribution in [0.25, 0.3) is 0 Å². The molecule has 172 valence electrons. The number of anilines is 2. The van der Waals surface area contributed by atoms with E-state index in [2.05, 4.69) is 65.6 Å². The molecule has 1 aromatic carbocycles. The minimum absolute atomic E-state index is 0.115. The van der Waals surface area contributed by atoms with E-state index < -0.39 is 5.92 Å². The van der Waals surface area contributed by atoms with E-state index in [0.29, 0.717) is 17.8 Å². The van der Waals surface area contributed by atoms with Crippen LogP contribution >= 0.6 is 0 Å². The lowest BCUT2D eigenvalue weighted by molar-refractivity contribution is -0.117. The third-order valence-corrected chi connectivity index (χ3v) is 6.54. The number of carbonyl (C=O) groups excluding carboxylic acids is 2. The molecule has 2 heterocycles. The van der Waals surface area contributed by atoms with Crippen molar-refractivity contribution in [3.05, 3.63) is 76.8 Å². The standard InChI is InChI=1S/C27H32N4O2/c1-5-31(6-2)20-12-10-19(11-13-20)25-24(27(33)30-23-9-7-8-14-28-23)18(4)29-21-15-17(3)16-22(32)26(21)25/h7-14,17,25,29H,5-6,15-16H2,1-4H3,(H,28,30,33)/t17-,25+/m1/s1. The largest absolute Gasteiger partial charge is 0.372 e. The van der Waals surface area contributed by atoms with Crippen LogP contribution in [0.2, 0.25) is 0 Å². The molecule has 4 rings (SSSR count). The van der Waals surface area contributed by atoms with E-state index in [1.807, 2.05) is 19.1 Å². The highest BCUT2D eigenvalue weighted by molar-refractivity contribution is 6.09. The van der Waals surface area contributed by atoms with Crippen molar-refractivity contribution in [3.63, 3.8) is 0 Å². The average Bonchev–Trinajstić information content (AvgIpc) is 2.80. The van der Waals surface area contributed by atoms with Gasteiger partial charge >= 0.3 is 0 Å². The lowest BCUT2D eigenvalue weighted by Gasteiger charge is -2.36. The average molecular weight is 445 g/mol. The molecule has 0 saturated carbocycles. The van der Waals surface area contributed by atoms with Crippen LogP contribution in [-0.4, -0.2) is 29.8 Å². The highest BCUT2D eigenvalue weighted by Gasteiger charge is 2.39. The maximum absolute atomic E-state index is 13.5. The molecule has 2 N–H and O–H groups in total. The number of nitrogens with zero attached hydrogens (tertiary/aromatic N) is 2. The van der Waals surface area contributed by atoms with Crippen LogP contribution in [0.3, 0.4) is 0 Å². The van der Waals surface area contributed by atoms with Crippen molar-refractivity contribution in [2.75, 3.05) is 23.3 Å². The molecule has 2 aromatic rings. The summed E-state index contributed by atoms with van der Waals surface area (Å²) in [7, 11) is 0. The number of pyridine rings is 1. The Morgan fingerprint density at radius 2 is 1.85 bits per heavy atom. The minimum Gasteiger partial charge on any atom is -0.372 e. The fraction of sp³-hybridized carbons (Fsp3) is 0.370. The van der Waals surface area contributed by atoms with Crippen molar-refractivity contribution < 1.29 is 9.59 Å². The summed E-state index contributed by atoms with van der Waals surface area (Å²) in [6.07, 6.45) is 2.95. The van der Waals surface area contributed by atoms with Crippen LogP contribution < -0.4 is 15.5 Å². The lowest BCUT2D eigenvalue weighted by Crippen LogP contribution is -2.37. The van der Waals surface area contributed by atoms with E-state index >= 15 is 0 Å². The van der Waals surface area contributed by atoms with Gasteiger partial charge in [-0.3, -0.25) is 9.59 Å². The number of carbonyl (C=O) groups is 2. The molecule has 0 spiro atoms. The molecule has 6 heteroatoms. The van der Waals surface area contributed by atoms with Gasteiger partial charge in [-0.15, -0.1) is 0 Å². The molecule has 2 atom stereocenters. The Morgan fingerprint density at radius 1 is 1.12 bits per heavy atom. The van der Waals surface area contributed by atoms with Crippen molar-refractivity contribution in [3.8, 4) is 0 Å². The first-order chi connectivity index (χ1) is 15.9. The van der Waals surface area contributed by atoms with Gasteiger partial charge in [0, 0.05) is 59.9 Å². The predicted molar refractivity (Wildman–Crippen MR) is 132 cm³/mol. The molecular formula is C27H32N4O2. The number of amides is 1. The third-order valence-electron chi connectivity index (χ3n) is 6.54. The number of nitrogens with one attached hydrogen (secondary N) is 2. The van der Waals surface area contributed by atoms with Gasteiger partial charge in [-0.2, -0.15) is 0 Å². The Hall–Kier alpha value is -3.41. The topological polar surface area (TPSA) is 74.3 Å². The van der Waals surface area contributed by atoms with Gasteiger partial charge in [0.05, 0.1) is 0 Å². The van der Waals surface area contributed by atoms with Gasteiger partial charge in [-0.1, -0.05) is 25.1 Å². The first-order valence-electron chi connectivity index (χ1n) is 11.7. The van der Waals surface area contributed by atoms with Crippen LogP contribution in [0.15, 0.2) is 71.2 Å². The zero-order chi connectivity index (χ0) is 23.5. The SMILES string of the molecule is CCN(CC)c1ccc([C@H]2C(C(=O)Nc3ccccn3)=C(C)NC3=C2C(=O)C[C@H](C)C3)cc1. The van der Waals surface area contributed by atoms with Gasteiger partial charge < -0.3 is 15.5 Å². The van der Waals surface area contributed by atoms with Gasteiger partial charge in [0.1, 0.15) is 5.82 Å². The van der Waals surface area contributed by atoms with Crippen LogP contribution in [-0.2, 0) is 9.59 Å². The number of Topliss-reactive ketones (excluding diaryl/α,β-unsaturated/α-hetero) is 1. The second-order valence-electron chi connectivity index (χ2n) is 8.86. The second kappa shape index (κ2) is 9.61. The van der Waals surface area contributed by atoms with E-state index in [9.17, 15) is 9.59 Å². The number of ketones is 1. The Labute approximate surface area is 195 Å². The van der Waals surface area contributed by atoms with Crippen molar-refractivity contribution in [1.29, 1.82) is 0 Å². The van der Waals surface area contributed by atoms with E-state index in [1.165, 1.54) is 0 Å². The summed E-state index contributed by atoms with van der Waals surface area (Å²) in [5.74, 6) is 0.239. The first kappa shape index (κ1) is 22.8. The van der Waals surface area contributed by atoms with Crippen LogP contribution in [0, 0.1) is 5.92 Å². The van der Waals surface area contributed by atoms with Gasteiger partial charge in [0.15, 0.2) is 5.78 Å². The summed E-state index contributed by atoms with van der Waals surface area (Å²) in [5, 5.41) is 6.31. The van der Waals surface area contributed by atoms with Gasteiger partial charge in [-0.05, 0) is 62.9 Å². The van der Waals surface area contributed by atoms with E-state index in [-0.39, 0.29) is 17.6 Å². The van der Waals surface area contributed by atoms with E-state index in [0.717, 1.165) is 47.7 Å². The Morgan fingerprint density at radius 3 is 2.48 bits per heavy atom. The lowest BCUT2D eigenvalue weighted by atomic mass is 9.73. The molecule has 1 amide bonds. The summed E-state index contributed by atoms with van der Waals surface area (Å²) in [6.45, 7) is 10.1. The fourth-order valence-corrected chi connectivity index (χ4v) is 4.95. The van der Waals surface area contributed by atoms with E-state index in [1.54, 1.807) is 12.3 Å². The predicted octanol–water partition coefficient (Wildman–Crippen LogP) is 4.78. The zero-order valence-electron chi connectivity index (χ0n) is 19.8. The molecule has 1 aliphatic heterocycles. The zero-order valence-corrected chi connectivity index (χ0v) is 19.8. The van der Waals surface area contributed by atoms with Crippen LogP contribution in [0.4, 0.5) is 11.5 Å². The summed E-state index contributed by atoms with van der Waals surface area (Å²) < 4.78 is 0. The molecule has 1 aliphatic carbocycles. The maximum atomic E-state index is 13.5. The molecule has 0 bridgehead atoms. The fourth-order valence-electron chi connectivity index (χ4n) is 4.95. The monoisotopic (exact) mass is 444 g/mol. The van der Waals surface area contributed by atoms with Crippen molar-refractivity contribution in [1.82, 2.24) is 10.3 Å². The molecule has 0 saturated heterocycles. The Balaban J connectivity index is 1.77. The van der Waals surface area contributed by atoms with Crippen molar-refractivity contribution >= 4 is 23.2 Å². The van der Waals surface area contributed by atoms with Gasteiger partial charge in [0.25, 0.3) is 5.91 Å². The molecular weight excluding hydrogens is 412 g/mol. The summed E-state index contributed by atoms with van der Waals surface area (Å²) in [5.41, 5.74) is 5.10. The van der Waals surface area contributed by atoms with E-state index in [4.69, 9.17) is 0 Å². The van der Waals surface area contributed by atoms with Crippen LogP contribution in [0.1, 0.15) is 52.0 Å². The van der Waals surface area contributed by atoms with Crippen LogP contribution in [0.5, 0.6) is 0 Å². The molecule has 0 radical (unpaired) electrons. The summed E-state index contributed by atoms with van der Waals surface area (Å²) >= 11 is 0. The van der Waals surface area contributed by atoms with Gasteiger partial charge in [0.2, 0.25) is 0 Å². The normalized spacial score (nSPS) is 20.3. The third kappa shape index (κ3) is 4.56. The van der Waals surface area contributed by atoms with Gasteiger partial charge in [-0.25, -0.2) is 4.98 Å².